The minimum atomic E-state index is -0.999. The zero-order valence-corrected chi connectivity index (χ0v) is 25.0. The van der Waals surface area contributed by atoms with Crippen LogP contribution in [-0.4, -0.2) is 47.4 Å². The van der Waals surface area contributed by atoms with Gasteiger partial charge in [-0.2, -0.15) is 4.37 Å². The van der Waals surface area contributed by atoms with Crippen LogP contribution in [0.15, 0.2) is 48.5 Å². The molecule has 2 unspecified atom stereocenters. The van der Waals surface area contributed by atoms with Gasteiger partial charge in [0, 0.05) is 24.9 Å². The van der Waals surface area contributed by atoms with Crippen molar-refractivity contribution in [2.45, 2.75) is 77.0 Å². The smallest absolute Gasteiger partial charge is 0.273 e. The van der Waals surface area contributed by atoms with E-state index >= 15 is 0 Å². The largest absolute Gasteiger partial charge is 0.395 e. The summed E-state index contributed by atoms with van der Waals surface area (Å²) < 4.78 is 10.0. The number of benzene rings is 2. The molecule has 4 N–H and O–H groups in total. The van der Waals surface area contributed by atoms with Crippen LogP contribution in [0.25, 0.3) is 0 Å². The zero-order valence-electron chi connectivity index (χ0n) is 24.2. The molecule has 2 aromatic carbocycles. The van der Waals surface area contributed by atoms with Crippen LogP contribution in [0.5, 0.6) is 0 Å². The third-order valence-electron chi connectivity index (χ3n) is 8.10. The molecule has 3 amide bonds. The van der Waals surface area contributed by atoms with E-state index in [1.165, 1.54) is 11.3 Å². The fourth-order valence-electron chi connectivity index (χ4n) is 5.71. The molecule has 5 rings (SSSR count). The van der Waals surface area contributed by atoms with Gasteiger partial charge in [0.2, 0.25) is 5.91 Å². The summed E-state index contributed by atoms with van der Waals surface area (Å²) in [4.78, 5) is 43.2. The Bertz CT molecular complexity index is 1410. The van der Waals surface area contributed by atoms with Crippen molar-refractivity contribution in [2.24, 2.45) is 0 Å². The monoisotopic (exact) mass is 589 g/mol. The predicted molar refractivity (Wildman–Crippen MR) is 165 cm³/mol. The molecule has 42 heavy (non-hydrogen) atoms. The molecule has 2 aliphatic rings. The molecule has 1 saturated carbocycles. The first-order valence-corrected chi connectivity index (χ1v) is 15.5. The molecule has 10 heteroatoms. The number of aromatic nitrogens is 1. The number of rotatable bonds is 9. The number of nitrogens with two attached hydrogens (primary N) is 1. The number of carbonyl (C=O) groups is 3. The second kappa shape index (κ2) is 13.5. The van der Waals surface area contributed by atoms with Gasteiger partial charge < -0.3 is 21.1 Å². The molecular weight excluding hydrogens is 550 g/mol. The average molecular weight is 590 g/mol. The van der Waals surface area contributed by atoms with Gasteiger partial charge in [-0.3, -0.25) is 19.3 Å². The van der Waals surface area contributed by atoms with Gasteiger partial charge in [0.15, 0.2) is 5.69 Å². The molecule has 2 fully saturated rings. The lowest BCUT2D eigenvalue weighted by atomic mass is 9.95. The van der Waals surface area contributed by atoms with Crippen LogP contribution >= 0.6 is 11.5 Å². The fraction of sp³-hybridized carbons (Fsp3) is 0.438. The van der Waals surface area contributed by atoms with Gasteiger partial charge in [-0.05, 0) is 68.3 Å². The molecule has 0 spiro atoms. The quantitative estimate of drug-likeness (QED) is 0.319. The standard InChI is InChI=1S/C32H39N5O4S/c1-20-14-16-22(17-15-20)28(31(39)34-19-24-12-8-18-41-24)37(25-13-7-6-9-21(25)2)32(40)29-26(33)27(36-42-29)30(38)35-23-10-4-3-5-11-23/h6-7,9,13-17,23-24,28H,3-5,8,10-12,18-19,33H2,1-2H3,(H,34,39)(H,35,38). The maximum Gasteiger partial charge on any atom is 0.273 e. The van der Waals surface area contributed by atoms with E-state index in [9.17, 15) is 14.4 Å². The van der Waals surface area contributed by atoms with Crippen molar-refractivity contribution >= 4 is 40.6 Å². The highest BCUT2D eigenvalue weighted by Crippen LogP contribution is 2.35. The summed E-state index contributed by atoms with van der Waals surface area (Å²) in [7, 11) is 0. The topological polar surface area (TPSA) is 127 Å². The SMILES string of the molecule is Cc1ccc(C(C(=O)NCC2CCCO2)N(C(=O)c2snc(C(=O)NC3CCCCC3)c2N)c2ccccc2C)cc1. The third kappa shape index (κ3) is 6.65. The Morgan fingerprint density at radius 1 is 1.02 bits per heavy atom. The van der Waals surface area contributed by atoms with Crippen LogP contribution in [0.4, 0.5) is 11.4 Å². The highest BCUT2D eigenvalue weighted by Gasteiger charge is 2.37. The Morgan fingerprint density at radius 2 is 1.76 bits per heavy atom. The maximum atomic E-state index is 14.5. The van der Waals surface area contributed by atoms with E-state index in [4.69, 9.17) is 10.5 Å². The number of carbonyl (C=O) groups excluding carboxylic acids is 3. The minimum Gasteiger partial charge on any atom is -0.395 e. The van der Waals surface area contributed by atoms with E-state index in [-0.39, 0.29) is 40.2 Å². The molecule has 1 aliphatic heterocycles. The molecule has 1 saturated heterocycles. The number of anilines is 2. The molecule has 0 bridgehead atoms. The Hall–Kier alpha value is -3.76. The molecule has 3 aromatic rings. The van der Waals surface area contributed by atoms with Gasteiger partial charge in [0.1, 0.15) is 10.9 Å². The van der Waals surface area contributed by atoms with E-state index in [1.807, 2.05) is 62.4 Å². The van der Waals surface area contributed by atoms with Crippen LogP contribution in [0.2, 0.25) is 0 Å². The highest BCUT2D eigenvalue weighted by molar-refractivity contribution is 7.09. The van der Waals surface area contributed by atoms with Gasteiger partial charge in [0.25, 0.3) is 11.8 Å². The Balaban J connectivity index is 1.51. The van der Waals surface area contributed by atoms with E-state index < -0.39 is 11.9 Å². The lowest BCUT2D eigenvalue weighted by molar-refractivity contribution is -0.123. The van der Waals surface area contributed by atoms with Gasteiger partial charge in [-0.1, -0.05) is 67.3 Å². The minimum absolute atomic E-state index is 0.0271. The second-order valence-corrected chi connectivity index (χ2v) is 12.0. The molecule has 2 atom stereocenters. The van der Waals surface area contributed by atoms with Crippen LogP contribution in [0.1, 0.15) is 87.8 Å². The summed E-state index contributed by atoms with van der Waals surface area (Å²) in [6, 6.07) is 14.1. The number of para-hydroxylation sites is 1. The summed E-state index contributed by atoms with van der Waals surface area (Å²) in [5, 5.41) is 6.07. The van der Waals surface area contributed by atoms with Crippen molar-refractivity contribution in [3.63, 3.8) is 0 Å². The number of ether oxygens (including phenoxy) is 1. The summed E-state index contributed by atoms with van der Waals surface area (Å²) in [6.45, 7) is 4.89. The lowest BCUT2D eigenvalue weighted by Crippen LogP contribution is -2.46. The maximum absolute atomic E-state index is 14.5. The van der Waals surface area contributed by atoms with Crippen molar-refractivity contribution in [3.05, 3.63) is 75.8 Å². The predicted octanol–water partition coefficient (Wildman–Crippen LogP) is 5.09. The summed E-state index contributed by atoms with van der Waals surface area (Å²) in [5.74, 6) is -1.19. The first-order chi connectivity index (χ1) is 20.3. The fourth-order valence-corrected chi connectivity index (χ4v) is 6.44. The number of aryl methyl sites for hydroxylation is 2. The molecule has 0 radical (unpaired) electrons. The molecule has 1 aromatic heterocycles. The Morgan fingerprint density at radius 3 is 2.45 bits per heavy atom. The number of amides is 3. The van der Waals surface area contributed by atoms with Crippen molar-refractivity contribution in [3.8, 4) is 0 Å². The van der Waals surface area contributed by atoms with Gasteiger partial charge in [-0.25, -0.2) is 0 Å². The molecule has 222 valence electrons. The first-order valence-electron chi connectivity index (χ1n) is 14.7. The molecule has 2 heterocycles. The average Bonchev–Trinajstić information content (AvgIpc) is 3.66. The zero-order chi connectivity index (χ0) is 29.6. The number of nitrogen functional groups attached to an aromatic ring is 1. The second-order valence-electron chi connectivity index (χ2n) is 11.2. The number of hydrogen-bond donors (Lipinski definition) is 3. The van der Waals surface area contributed by atoms with Crippen molar-refractivity contribution in [2.75, 3.05) is 23.8 Å². The lowest BCUT2D eigenvalue weighted by Gasteiger charge is -2.32. The summed E-state index contributed by atoms with van der Waals surface area (Å²) in [6.07, 6.45) is 6.92. The molecule has 9 nitrogen and oxygen atoms in total. The number of hydrogen-bond acceptors (Lipinski definition) is 7. The van der Waals surface area contributed by atoms with Crippen molar-refractivity contribution in [1.82, 2.24) is 15.0 Å². The third-order valence-corrected chi connectivity index (χ3v) is 8.95. The number of nitrogens with one attached hydrogen (secondary N) is 2. The highest BCUT2D eigenvalue weighted by atomic mass is 32.1. The van der Waals surface area contributed by atoms with E-state index in [2.05, 4.69) is 15.0 Å². The van der Waals surface area contributed by atoms with Crippen molar-refractivity contribution in [1.29, 1.82) is 0 Å². The van der Waals surface area contributed by atoms with Crippen LogP contribution in [0.3, 0.4) is 0 Å². The van der Waals surface area contributed by atoms with Gasteiger partial charge >= 0.3 is 0 Å². The van der Waals surface area contributed by atoms with E-state index in [0.717, 1.165) is 61.2 Å². The summed E-state index contributed by atoms with van der Waals surface area (Å²) in [5.41, 5.74) is 9.61. The molecular formula is C32H39N5O4S. The van der Waals surface area contributed by atoms with E-state index in [1.54, 1.807) is 0 Å². The first kappa shape index (κ1) is 29.7. The van der Waals surface area contributed by atoms with Crippen molar-refractivity contribution < 1.29 is 19.1 Å². The Kier molecular flexibility index (Phi) is 9.54. The van der Waals surface area contributed by atoms with Gasteiger partial charge in [0.05, 0.1) is 11.8 Å². The van der Waals surface area contributed by atoms with Crippen LogP contribution < -0.4 is 21.3 Å². The van der Waals surface area contributed by atoms with Gasteiger partial charge in [-0.15, -0.1) is 0 Å². The van der Waals surface area contributed by atoms with Crippen LogP contribution in [0, 0.1) is 13.8 Å². The normalized spacial score (nSPS) is 17.9. The Labute approximate surface area is 251 Å². The van der Waals surface area contributed by atoms with E-state index in [0.29, 0.717) is 24.4 Å². The molecule has 1 aliphatic carbocycles. The number of nitrogens with zero attached hydrogens (tertiary/aromatic N) is 2. The summed E-state index contributed by atoms with van der Waals surface area (Å²) >= 11 is 0.885. The van der Waals surface area contributed by atoms with Crippen LogP contribution in [-0.2, 0) is 9.53 Å².